The highest BCUT2D eigenvalue weighted by atomic mass is 16.5. The molecule has 10 rings (SSSR count). The van der Waals surface area contributed by atoms with Crippen LogP contribution in [0.5, 0.6) is 5.75 Å². The van der Waals surface area contributed by atoms with Crippen molar-refractivity contribution in [2.24, 2.45) is 4.99 Å². The topological polar surface area (TPSA) is 75.2 Å². The molecule has 0 bridgehead atoms. The number of aromatic amines is 1. The Kier molecular flexibility index (Phi) is 6.84. The lowest BCUT2D eigenvalue weighted by Gasteiger charge is -2.14. The van der Waals surface area contributed by atoms with Gasteiger partial charge in [0.15, 0.2) is 6.23 Å². The summed E-state index contributed by atoms with van der Waals surface area (Å²) in [5.41, 5.74) is 12.3. The zero-order valence-electron chi connectivity index (χ0n) is 27.5. The van der Waals surface area contributed by atoms with Gasteiger partial charge in [0.05, 0.1) is 34.0 Å². The summed E-state index contributed by atoms with van der Waals surface area (Å²) in [5.74, 6) is 0.840. The van der Waals surface area contributed by atoms with Crippen molar-refractivity contribution >= 4 is 33.6 Å². The van der Waals surface area contributed by atoms with Gasteiger partial charge in [0.2, 0.25) is 0 Å². The first-order chi connectivity index (χ1) is 25.2. The summed E-state index contributed by atoms with van der Waals surface area (Å²) < 4.78 is 6.49. The van der Waals surface area contributed by atoms with Gasteiger partial charge in [-0.1, -0.05) is 97.1 Å². The van der Waals surface area contributed by atoms with Crippen molar-refractivity contribution < 1.29 is 4.74 Å². The number of nitrogens with zero attached hydrogens (tertiary/aromatic N) is 3. The lowest BCUT2D eigenvalue weighted by Crippen LogP contribution is -2.09. The molecule has 2 atom stereocenters. The number of fused-ring (bicyclic) bond motifs is 5. The number of aliphatic imine (C=N–C) groups is 1. The minimum absolute atomic E-state index is 0.0781. The molecule has 5 aromatic carbocycles. The molecule has 0 amide bonds. The maximum atomic E-state index is 6.49. The molecule has 2 unspecified atom stereocenters. The Morgan fingerprint density at radius 1 is 0.608 bits per heavy atom. The van der Waals surface area contributed by atoms with Gasteiger partial charge in [0, 0.05) is 39.7 Å². The second-order valence-corrected chi connectivity index (χ2v) is 12.9. The Bertz CT molecular complexity index is 2620. The van der Waals surface area contributed by atoms with E-state index in [4.69, 9.17) is 14.7 Å². The molecule has 3 aromatic heterocycles. The second kappa shape index (κ2) is 12.0. The first kappa shape index (κ1) is 29.2. The SMILES string of the molecule is C1=CC(c2cc(-c3ccc(-c4ccc5nc(-c6ccccc6)c6ccc7c(c6c5c4)NC(c4ccccc4)O7)cc3)cc(-c3ccc[nH]3)n2)N=C1. The van der Waals surface area contributed by atoms with Crippen LogP contribution < -0.4 is 10.1 Å². The third kappa shape index (κ3) is 5.16. The molecule has 6 heteroatoms. The molecule has 242 valence electrons. The van der Waals surface area contributed by atoms with Gasteiger partial charge in [0.25, 0.3) is 0 Å². The summed E-state index contributed by atoms with van der Waals surface area (Å²) in [6.45, 7) is 0. The van der Waals surface area contributed by atoms with Crippen LogP contribution in [-0.4, -0.2) is 21.2 Å². The standard InChI is InChI=1S/C45H31N5O/c1-3-9-30(10-4-1)43-34-20-22-41-44(50-45(51-41)31-11-5-2-6-12-31)42(34)35-25-32(19-21-36(35)49-43)28-15-17-29(18-16-28)33-26-39(37-13-7-23-46-37)48-40(27-33)38-14-8-24-47-38/h1-27,37,45,47,50H. The molecular formula is C45H31N5O. The number of hydrogen-bond donors (Lipinski definition) is 2. The number of nitrogens with one attached hydrogen (secondary N) is 2. The molecule has 0 aliphatic carbocycles. The zero-order chi connectivity index (χ0) is 33.7. The maximum Gasteiger partial charge on any atom is 0.196 e. The molecule has 8 aromatic rings. The summed E-state index contributed by atoms with van der Waals surface area (Å²) in [4.78, 5) is 18.1. The van der Waals surface area contributed by atoms with Crippen molar-refractivity contribution in [1.29, 1.82) is 0 Å². The quantitative estimate of drug-likeness (QED) is 0.175. The lowest BCUT2D eigenvalue weighted by molar-refractivity contribution is 0.260. The van der Waals surface area contributed by atoms with Crippen molar-refractivity contribution in [2.75, 3.05) is 5.32 Å². The molecule has 6 nitrogen and oxygen atoms in total. The number of ether oxygens (including phenoxy) is 1. The Morgan fingerprint density at radius 2 is 1.39 bits per heavy atom. The van der Waals surface area contributed by atoms with E-state index in [1.165, 1.54) is 0 Å². The molecule has 2 aliphatic heterocycles. The van der Waals surface area contributed by atoms with E-state index in [1.807, 2.05) is 54.9 Å². The average Bonchev–Trinajstić information content (AvgIpc) is 4.01. The molecule has 51 heavy (non-hydrogen) atoms. The van der Waals surface area contributed by atoms with Gasteiger partial charge in [-0.05, 0) is 76.9 Å². The van der Waals surface area contributed by atoms with Gasteiger partial charge >= 0.3 is 0 Å². The minimum atomic E-state index is -0.270. The van der Waals surface area contributed by atoms with Crippen molar-refractivity contribution in [3.63, 3.8) is 0 Å². The number of H-pyrrole nitrogens is 1. The molecule has 2 aliphatic rings. The number of hydrogen-bond acceptors (Lipinski definition) is 5. The largest absolute Gasteiger partial charge is 0.464 e. The smallest absolute Gasteiger partial charge is 0.196 e. The predicted molar refractivity (Wildman–Crippen MR) is 207 cm³/mol. The molecule has 0 spiro atoms. The summed E-state index contributed by atoms with van der Waals surface area (Å²) in [6, 6.07) is 48.5. The Labute approximate surface area is 294 Å². The molecule has 5 heterocycles. The summed E-state index contributed by atoms with van der Waals surface area (Å²) in [7, 11) is 0. The van der Waals surface area contributed by atoms with Crippen LogP contribution in [0.15, 0.2) is 163 Å². The molecule has 0 fully saturated rings. The summed E-state index contributed by atoms with van der Waals surface area (Å²) in [6.07, 6.45) is 7.55. The van der Waals surface area contributed by atoms with E-state index >= 15 is 0 Å². The molecule has 0 saturated heterocycles. The van der Waals surface area contributed by atoms with E-state index in [0.29, 0.717) is 0 Å². The number of anilines is 1. The van der Waals surface area contributed by atoms with E-state index in [-0.39, 0.29) is 12.3 Å². The normalized spacial score (nSPS) is 16.0. The van der Waals surface area contributed by atoms with Gasteiger partial charge in [-0.2, -0.15) is 0 Å². The van der Waals surface area contributed by atoms with Crippen molar-refractivity contribution in [3.05, 3.63) is 169 Å². The van der Waals surface area contributed by atoms with E-state index < -0.39 is 0 Å². The third-order valence-electron chi connectivity index (χ3n) is 9.79. The zero-order valence-corrected chi connectivity index (χ0v) is 27.5. The highest BCUT2D eigenvalue weighted by Crippen LogP contribution is 2.47. The predicted octanol–water partition coefficient (Wildman–Crippen LogP) is 11.0. The van der Waals surface area contributed by atoms with Crippen LogP contribution in [0, 0.1) is 0 Å². The van der Waals surface area contributed by atoms with Gasteiger partial charge in [0.1, 0.15) is 11.8 Å². The van der Waals surface area contributed by atoms with Gasteiger partial charge in [-0.25, -0.2) is 9.97 Å². The Hall–Kier alpha value is -6.79. The molecule has 0 saturated carbocycles. The van der Waals surface area contributed by atoms with Crippen LogP contribution in [0.4, 0.5) is 5.69 Å². The van der Waals surface area contributed by atoms with Gasteiger partial charge in [-0.15, -0.1) is 0 Å². The summed E-state index contributed by atoms with van der Waals surface area (Å²) >= 11 is 0. The number of aromatic nitrogens is 3. The summed E-state index contributed by atoms with van der Waals surface area (Å²) in [5, 5.41) is 6.99. The average molecular weight is 658 g/mol. The highest BCUT2D eigenvalue weighted by molar-refractivity contribution is 6.18. The minimum Gasteiger partial charge on any atom is -0.464 e. The number of pyridine rings is 2. The maximum absolute atomic E-state index is 6.49. The van der Waals surface area contributed by atoms with Crippen LogP contribution in [0.25, 0.3) is 66.6 Å². The first-order valence-electron chi connectivity index (χ1n) is 17.2. The second-order valence-electron chi connectivity index (χ2n) is 12.9. The molecule has 0 radical (unpaired) electrons. The first-order valence-corrected chi connectivity index (χ1v) is 17.2. The number of benzene rings is 5. The number of allylic oxidation sites excluding steroid dienone is 1. The van der Waals surface area contributed by atoms with Crippen LogP contribution in [0.1, 0.15) is 23.5 Å². The van der Waals surface area contributed by atoms with Gasteiger partial charge < -0.3 is 15.0 Å². The van der Waals surface area contributed by atoms with Crippen LogP contribution in [0.3, 0.4) is 0 Å². The van der Waals surface area contributed by atoms with Crippen molar-refractivity contribution in [1.82, 2.24) is 15.0 Å². The Morgan fingerprint density at radius 3 is 2.16 bits per heavy atom. The fourth-order valence-electron chi connectivity index (χ4n) is 7.25. The van der Waals surface area contributed by atoms with E-state index in [2.05, 4.69) is 124 Å². The fourth-order valence-corrected chi connectivity index (χ4v) is 7.25. The highest BCUT2D eigenvalue weighted by Gasteiger charge is 2.27. The monoisotopic (exact) mass is 657 g/mol. The van der Waals surface area contributed by atoms with Crippen LogP contribution in [-0.2, 0) is 0 Å². The van der Waals surface area contributed by atoms with E-state index in [9.17, 15) is 0 Å². The van der Waals surface area contributed by atoms with Crippen molar-refractivity contribution in [3.8, 4) is 50.6 Å². The fraction of sp³-hybridized carbons (Fsp3) is 0.0444. The van der Waals surface area contributed by atoms with Gasteiger partial charge in [-0.3, -0.25) is 4.99 Å². The van der Waals surface area contributed by atoms with Crippen LogP contribution in [0.2, 0.25) is 0 Å². The molecule has 2 N–H and O–H groups in total. The number of rotatable bonds is 6. The lowest BCUT2D eigenvalue weighted by atomic mass is 9.95. The van der Waals surface area contributed by atoms with E-state index in [0.717, 1.165) is 89.3 Å². The van der Waals surface area contributed by atoms with Crippen LogP contribution >= 0.6 is 0 Å². The Balaban J connectivity index is 1.08. The third-order valence-corrected chi connectivity index (χ3v) is 9.79. The van der Waals surface area contributed by atoms with Crippen molar-refractivity contribution in [2.45, 2.75) is 12.3 Å². The molecular weight excluding hydrogens is 627 g/mol. The van der Waals surface area contributed by atoms with E-state index in [1.54, 1.807) is 0 Å².